The van der Waals surface area contributed by atoms with E-state index in [0.29, 0.717) is 12.8 Å². The smallest absolute Gasteiger partial charge is 0.335 e. The Bertz CT molecular complexity index is 1820. The predicted molar refractivity (Wildman–Crippen MR) is 231 cm³/mol. The lowest BCUT2D eigenvalue weighted by Gasteiger charge is -2.72. The first-order chi connectivity index (χ1) is 30.7. The number of carboxylic acid groups (broad SMARTS) is 1. The summed E-state index contributed by atoms with van der Waals surface area (Å²) in [6.45, 7) is 16.3. The number of aliphatic carboxylic acids is 1. The molecule has 7 fully saturated rings. The van der Waals surface area contributed by atoms with Gasteiger partial charge in [-0.3, -0.25) is 0 Å². The fraction of sp³-hybridized carbons (Fsp3) is 0.938. The summed E-state index contributed by atoms with van der Waals surface area (Å²) in [5, 5.41) is 120. The molecule has 0 aromatic heterocycles. The number of hydrogen-bond donors (Lipinski definition) is 11. The van der Waals surface area contributed by atoms with E-state index in [9.17, 15) is 61.0 Å². The Balaban J connectivity index is 1.08. The van der Waals surface area contributed by atoms with E-state index in [4.69, 9.17) is 28.4 Å². The summed E-state index contributed by atoms with van der Waals surface area (Å²) >= 11 is 0. The predicted octanol–water partition coefficient (Wildman–Crippen LogP) is 0.705. The maximum absolute atomic E-state index is 12.5. The van der Waals surface area contributed by atoms with Gasteiger partial charge in [0.2, 0.25) is 0 Å². The standard InChI is InChI=1S/C48H78O18/c1-21-29(52)31(54)35(58)40(61-21)65-37-32(55)30(53)24(19-49)62-41(37)66-38-34(57)33(56)36(39(59)60)64-42(38)63-28-12-13-45(5)25(46(28,6)20-50)11-14-48(8)26(45)10-9-22-23-17-43(2,3)18-27(51)44(23,4)15-16-47(22,48)7/h9,21,23-38,40-42,49-58H,10-20H2,1-8H3,(H,59,60)/t21-,23-,24+,25+,26+,27+,28-,29+,30-,31-,32-,33-,34-,35+,36-,37+,38+,40-,41-,42+,44+,45-,46+,47+,48+/m0/s1. The Morgan fingerprint density at radius 2 is 1.30 bits per heavy atom. The van der Waals surface area contributed by atoms with Gasteiger partial charge in [0, 0.05) is 10.8 Å². The molecule has 378 valence electrons. The van der Waals surface area contributed by atoms with Crippen LogP contribution in [0.15, 0.2) is 11.6 Å². The lowest BCUT2D eigenvalue weighted by atomic mass is 9.33. The van der Waals surface area contributed by atoms with E-state index < -0.39 is 116 Å². The van der Waals surface area contributed by atoms with Crippen LogP contribution in [0.4, 0.5) is 0 Å². The molecule has 25 atom stereocenters. The summed E-state index contributed by atoms with van der Waals surface area (Å²) in [6, 6.07) is 0. The zero-order valence-corrected chi connectivity index (χ0v) is 39.7. The number of hydrogen-bond acceptors (Lipinski definition) is 17. The summed E-state index contributed by atoms with van der Waals surface area (Å²) in [6.07, 6.45) is -17.6. The van der Waals surface area contributed by atoms with Gasteiger partial charge in [-0.25, -0.2) is 4.79 Å². The van der Waals surface area contributed by atoms with Gasteiger partial charge in [0.05, 0.1) is 31.5 Å². The van der Waals surface area contributed by atoms with Crippen molar-refractivity contribution < 1.29 is 89.4 Å². The van der Waals surface area contributed by atoms with Crippen molar-refractivity contribution >= 4 is 5.97 Å². The number of allylic oxidation sites excluding steroid dienone is 2. The van der Waals surface area contributed by atoms with E-state index >= 15 is 0 Å². The molecule has 0 aromatic rings. The average Bonchev–Trinajstić information content (AvgIpc) is 3.25. The van der Waals surface area contributed by atoms with Gasteiger partial charge in [0.1, 0.15) is 61.0 Å². The normalized spacial score (nSPS) is 55.9. The average molecular weight is 943 g/mol. The molecular weight excluding hydrogens is 865 g/mol. The Kier molecular flexibility index (Phi) is 13.7. The van der Waals surface area contributed by atoms with Gasteiger partial charge in [-0.1, -0.05) is 60.1 Å². The summed E-state index contributed by atoms with van der Waals surface area (Å²) < 4.78 is 36.2. The largest absolute Gasteiger partial charge is 0.479 e. The molecule has 66 heavy (non-hydrogen) atoms. The minimum absolute atomic E-state index is 0.0166. The molecule has 0 spiro atoms. The lowest BCUT2D eigenvalue weighted by molar-refractivity contribution is -0.396. The summed E-state index contributed by atoms with van der Waals surface area (Å²) in [5.74, 6) is -1.16. The molecule has 18 nitrogen and oxygen atoms in total. The van der Waals surface area contributed by atoms with Crippen molar-refractivity contribution in [2.75, 3.05) is 13.2 Å². The number of ether oxygens (including phenoxy) is 6. The van der Waals surface area contributed by atoms with Gasteiger partial charge in [-0.2, -0.15) is 0 Å². The van der Waals surface area contributed by atoms with Crippen LogP contribution in [-0.2, 0) is 33.2 Å². The van der Waals surface area contributed by atoms with Crippen LogP contribution < -0.4 is 0 Å². The first-order valence-corrected chi connectivity index (χ1v) is 24.3. The van der Waals surface area contributed by atoms with Gasteiger partial charge < -0.3 is 84.6 Å². The Morgan fingerprint density at radius 1 is 0.667 bits per heavy atom. The maximum Gasteiger partial charge on any atom is 0.335 e. The van der Waals surface area contributed by atoms with Gasteiger partial charge in [0.15, 0.2) is 25.0 Å². The molecule has 8 aliphatic rings. The molecule has 0 bridgehead atoms. The SMILES string of the molecule is C[C@@H]1O[C@@H](O[C@H]2[C@H](O[C@H]3[C@H](O[C@H]4CC[C@@]5(C)[C@@H](CC[C@]6(C)[C@@H]5CC=C5[C@@H]7CC(C)(C)C[C@@H](O)[C@]7(C)CC[C@]56C)[C@@]4(C)CO)O[C@H](C(=O)O)[C@@H](O)[C@@H]3O)O[C@H](CO)[C@H](O)[C@@H]2O)[C@H](O)[C@@H](O)[C@@H]1O. The number of carbonyl (C=O) groups is 1. The van der Waals surface area contributed by atoms with Crippen LogP contribution in [0.5, 0.6) is 0 Å². The second-order valence-electron chi connectivity index (χ2n) is 23.6. The van der Waals surface area contributed by atoms with E-state index in [1.54, 1.807) is 0 Å². The van der Waals surface area contributed by atoms with Gasteiger partial charge in [0.25, 0.3) is 0 Å². The van der Waals surface area contributed by atoms with Crippen molar-refractivity contribution in [1.82, 2.24) is 0 Å². The highest BCUT2D eigenvalue weighted by molar-refractivity contribution is 5.73. The minimum Gasteiger partial charge on any atom is -0.479 e. The van der Waals surface area contributed by atoms with Crippen LogP contribution in [0, 0.1) is 50.2 Å². The molecule has 0 radical (unpaired) electrons. The topological polar surface area (TPSA) is 295 Å². The van der Waals surface area contributed by atoms with Crippen molar-refractivity contribution in [3.8, 4) is 0 Å². The molecule has 3 aliphatic heterocycles. The van der Waals surface area contributed by atoms with Gasteiger partial charge >= 0.3 is 5.97 Å². The highest BCUT2D eigenvalue weighted by Crippen LogP contribution is 2.76. The first-order valence-electron chi connectivity index (χ1n) is 24.3. The van der Waals surface area contributed by atoms with E-state index in [-0.39, 0.29) is 57.5 Å². The number of aliphatic hydroxyl groups is 10. The molecule has 0 unspecified atom stereocenters. The number of carboxylic acids is 1. The molecule has 8 rings (SSSR count). The molecule has 4 saturated carbocycles. The highest BCUT2D eigenvalue weighted by Gasteiger charge is 2.70. The van der Waals surface area contributed by atoms with Crippen LogP contribution >= 0.6 is 0 Å². The first kappa shape index (κ1) is 50.9. The van der Waals surface area contributed by atoms with Gasteiger partial charge in [-0.05, 0) is 104 Å². The molecule has 0 amide bonds. The van der Waals surface area contributed by atoms with Crippen molar-refractivity contribution in [2.45, 2.75) is 218 Å². The third-order valence-corrected chi connectivity index (χ3v) is 19.5. The summed E-state index contributed by atoms with van der Waals surface area (Å²) in [7, 11) is 0. The second-order valence-corrected chi connectivity index (χ2v) is 23.6. The molecular formula is C48H78O18. The molecule has 3 heterocycles. The number of rotatable bonds is 9. The van der Waals surface area contributed by atoms with Crippen LogP contribution in [0.3, 0.4) is 0 Å². The quantitative estimate of drug-likeness (QED) is 0.112. The Labute approximate surface area is 387 Å². The zero-order chi connectivity index (χ0) is 48.4. The molecule has 5 aliphatic carbocycles. The van der Waals surface area contributed by atoms with E-state index in [2.05, 4.69) is 47.6 Å². The zero-order valence-electron chi connectivity index (χ0n) is 39.7. The van der Waals surface area contributed by atoms with E-state index in [1.165, 1.54) is 12.5 Å². The third kappa shape index (κ3) is 7.78. The highest BCUT2D eigenvalue weighted by atomic mass is 16.8. The Hall–Kier alpha value is -1.43. The molecule has 11 N–H and O–H groups in total. The number of aliphatic hydroxyl groups excluding tert-OH is 10. The van der Waals surface area contributed by atoms with Crippen molar-refractivity contribution in [3.05, 3.63) is 11.6 Å². The molecule has 18 heteroatoms. The second kappa shape index (κ2) is 17.7. The Morgan fingerprint density at radius 3 is 1.94 bits per heavy atom. The van der Waals surface area contributed by atoms with Gasteiger partial charge in [-0.15, -0.1) is 0 Å². The van der Waals surface area contributed by atoms with E-state index in [1.807, 2.05) is 6.92 Å². The van der Waals surface area contributed by atoms with Crippen molar-refractivity contribution in [2.24, 2.45) is 50.2 Å². The fourth-order valence-corrected chi connectivity index (χ4v) is 15.1. The van der Waals surface area contributed by atoms with Crippen molar-refractivity contribution in [3.63, 3.8) is 0 Å². The monoisotopic (exact) mass is 943 g/mol. The van der Waals surface area contributed by atoms with Crippen LogP contribution in [0.2, 0.25) is 0 Å². The van der Waals surface area contributed by atoms with Crippen LogP contribution in [-0.4, -0.2) is 180 Å². The number of fused-ring (bicyclic) bond motifs is 7. The summed E-state index contributed by atoms with van der Waals surface area (Å²) in [5.41, 5.74) is -0.0545. The molecule has 3 saturated heterocycles. The lowest BCUT2D eigenvalue weighted by Crippen LogP contribution is -2.68. The van der Waals surface area contributed by atoms with Crippen LogP contribution in [0.25, 0.3) is 0 Å². The maximum atomic E-state index is 12.5. The van der Waals surface area contributed by atoms with Crippen LogP contribution in [0.1, 0.15) is 113 Å². The van der Waals surface area contributed by atoms with E-state index in [0.717, 1.165) is 44.9 Å². The fourth-order valence-electron chi connectivity index (χ4n) is 15.1. The summed E-state index contributed by atoms with van der Waals surface area (Å²) in [4.78, 5) is 12.5. The minimum atomic E-state index is -2.07. The van der Waals surface area contributed by atoms with Crippen molar-refractivity contribution in [1.29, 1.82) is 0 Å². The third-order valence-electron chi connectivity index (χ3n) is 19.5. The molecule has 0 aromatic carbocycles.